The fraction of sp³-hybridized carbons (Fsp3) is 0.611. The summed E-state index contributed by atoms with van der Waals surface area (Å²) in [6.07, 6.45) is 3.44. The lowest BCUT2D eigenvalue weighted by atomic mass is 9.63. The van der Waals surface area contributed by atoms with Crippen LogP contribution in [0.4, 0.5) is 4.79 Å². The van der Waals surface area contributed by atoms with Gasteiger partial charge in [-0.3, -0.25) is 0 Å². The van der Waals surface area contributed by atoms with Crippen molar-refractivity contribution in [3.05, 3.63) is 33.4 Å². The van der Waals surface area contributed by atoms with Crippen molar-refractivity contribution in [2.45, 2.75) is 56.7 Å². The van der Waals surface area contributed by atoms with Crippen LogP contribution >= 0.6 is 22.6 Å². The van der Waals surface area contributed by atoms with E-state index >= 15 is 0 Å². The van der Waals surface area contributed by atoms with E-state index < -0.39 is 11.5 Å². The average molecular weight is 447 g/mol. The van der Waals surface area contributed by atoms with Gasteiger partial charge in [0.2, 0.25) is 0 Å². The Morgan fingerprint density at radius 1 is 1.42 bits per heavy atom. The molecule has 134 valence electrons. The van der Waals surface area contributed by atoms with Crippen LogP contribution in [0.25, 0.3) is 0 Å². The molecule has 0 radical (unpaired) electrons. The molecule has 0 aliphatic heterocycles. The highest BCUT2D eigenvalue weighted by Crippen LogP contribution is 2.47. The molecule has 5 nitrogen and oxygen atoms in total. The number of primary amides is 1. The number of rotatable bonds is 7. The van der Waals surface area contributed by atoms with Gasteiger partial charge in [-0.25, -0.2) is 4.79 Å². The molecular weight excluding hydrogens is 421 g/mol. The molecule has 2 N–H and O–H groups in total. The van der Waals surface area contributed by atoms with Gasteiger partial charge in [0.25, 0.3) is 0 Å². The first-order valence-corrected chi connectivity index (χ1v) is 9.45. The predicted octanol–water partition coefficient (Wildman–Crippen LogP) is 3.97. The van der Waals surface area contributed by atoms with Crippen LogP contribution in [0.2, 0.25) is 0 Å². The second kappa shape index (κ2) is 9.01. The molecule has 1 aliphatic rings. The Labute approximate surface area is 157 Å². The molecule has 1 amide bonds. The van der Waals surface area contributed by atoms with Gasteiger partial charge < -0.3 is 19.9 Å². The van der Waals surface area contributed by atoms with Crippen molar-refractivity contribution in [1.82, 2.24) is 0 Å². The van der Waals surface area contributed by atoms with Crippen LogP contribution in [0.5, 0.6) is 0 Å². The van der Waals surface area contributed by atoms with Crippen molar-refractivity contribution in [3.63, 3.8) is 0 Å². The van der Waals surface area contributed by atoms with Gasteiger partial charge in [0.1, 0.15) is 12.9 Å². The second-order valence-corrected chi connectivity index (χ2v) is 7.32. The summed E-state index contributed by atoms with van der Waals surface area (Å²) < 4.78 is 17.9. The van der Waals surface area contributed by atoms with Gasteiger partial charge in [0.05, 0.1) is 11.5 Å². The van der Waals surface area contributed by atoms with Crippen LogP contribution < -0.4 is 5.73 Å². The molecule has 0 bridgehead atoms. The Bertz CT molecular complexity index is 554. The largest absolute Gasteiger partial charge is 0.445 e. The maximum Gasteiger partial charge on any atom is 0.404 e. The molecule has 0 saturated heterocycles. The van der Waals surface area contributed by atoms with Gasteiger partial charge in [-0.05, 0) is 59.9 Å². The van der Waals surface area contributed by atoms with Crippen LogP contribution in [0.1, 0.15) is 44.6 Å². The Morgan fingerprint density at radius 2 is 2.17 bits per heavy atom. The Hall–Kier alpha value is -0.860. The van der Waals surface area contributed by atoms with E-state index in [1.165, 1.54) is 5.56 Å². The SMILES string of the molecule is CCC(OCOC)[C@@]1(c2ccccc2I)CCCC[C@@H]1OC(N)=O. The molecule has 1 aliphatic carbocycles. The minimum Gasteiger partial charge on any atom is -0.445 e. The molecule has 0 heterocycles. The Morgan fingerprint density at radius 3 is 2.79 bits per heavy atom. The minimum atomic E-state index is -0.723. The van der Waals surface area contributed by atoms with Crippen molar-refractivity contribution in [1.29, 1.82) is 0 Å². The van der Waals surface area contributed by atoms with Crippen molar-refractivity contribution in [2.24, 2.45) is 5.73 Å². The quantitative estimate of drug-likeness (QED) is 0.508. The van der Waals surface area contributed by atoms with Crippen molar-refractivity contribution in [2.75, 3.05) is 13.9 Å². The number of nitrogens with two attached hydrogens (primary N) is 1. The van der Waals surface area contributed by atoms with Gasteiger partial charge in [0, 0.05) is 10.7 Å². The minimum absolute atomic E-state index is 0.113. The summed E-state index contributed by atoms with van der Waals surface area (Å²) in [6.45, 7) is 2.31. The molecule has 6 heteroatoms. The van der Waals surface area contributed by atoms with Crippen molar-refractivity contribution >= 4 is 28.7 Å². The fourth-order valence-electron chi connectivity index (χ4n) is 3.94. The number of carbonyl (C=O) groups is 1. The molecule has 1 aromatic carbocycles. The number of methoxy groups -OCH3 is 1. The summed E-state index contributed by atoms with van der Waals surface area (Å²) in [5.74, 6) is 0. The van der Waals surface area contributed by atoms with E-state index in [0.29, 0.717) is 0 Å². The first-order valence-electron chi connectivity index (χ1n) is 8.37. The number of benzene rings is 1. The first kappa shape index (κ1) is 19.5. The number of ether oxygens (including phenoxy) is 3. The number of hydrogen-bond donors (Lipinski definition) is 1. The predicted molar refractivity (Wildman–Crippen MR) is 101 cm³/mol. The van der Waals surface area contributed by atoms with Gasteiger partial charge in [-0.2, -0.15) is 0 Å². The van der Waals surface area contributed by atoms with E-state index in [4.69, 9.17) is 19.9 Å². The highest BCUT2D eigenvalue weighted by Gasteiger charge is 2.51. The van der Waals surface area contributed by atoms with Crippen LogP contribution in [0.15, 0.2) is 24.3 Å². The fourth-order valence-corrected chi connectivity index (χ4v) is 4.83. The zero-order chi connectivity index (χ0) is 17.6. The van der Waals surface area contributed by atoms with Crippen molar-refractivity contribution in [3.8, 4) is 0 Å². The monoisotopic (exact) mass is 447 g/mol. The Kier molecular flexibility index (Phi) is 7.31. The summed E-state index contributed by atoms with van der Waals surface area (Å²) >= 11 is 2.35. The van der Waals surface area contributed by atoms with E-state index in [-0.39, 0.29) is 19.0 Å². The van der Waals surface area contributed by atoms with E-state index in [2.05, 4.69) is 41.6 Å². The number of hydrogen-bond acceptors (Lipinski definition) is 4. The molecule has 24 heavy (non-hydrogen) atoms. The van der Waals surface area contributed by atoms with Gasteiger partial charge >= 0.3 is 6.09 Å². The zero-order valence-electron chi connectivity index (χ0n) is 14.3. The smallest absolute Gasteiger partial charge is 0.404 e. The number of halogens is 1. The first-order chi connectivity index (χ1) is 11.6. The van der Waals surface area contributed by atoms with Crippen LogP contribution in [-0.4, -0.2) is 32.2 Å². The summed E-state index contributed by atoms with van der Waals surface area (Å²) in [5, 5.41) is 0. The van der Waals surface area contributed by atoms with E-state index in [0.717, 1.165) is 35.7 Å². The molecule has 1 aromatic rings. The molecule has 2 rings (SSSR count). The summed E-state index contributed by atoms with van der Waals surface area (Å²) in [6, 6.07) is 8.24. The Balaban J connectivity index is 2.53. The lowest BCUT2D eigenvalue weighted by Gasteiger charge is -2.48. The van der Waals surface area contributed by atoms with Gasteiger partial charge in [-0.1, -0.05) is 31.5 Å². The molecule has 1 saturated carbocycles. The van der Waals surface area contributed by atoms with Crippen LogP contribution in [-0.2, 0) is 19.6 Å². The molecular formula is C18H26INO4. The topological polar surface area (TPSA) is 70.8 Å². The average Bonchev–Trinajstić information content (AvgIpc) is 2.57. The molecule has 0 spiro atoms. The van der Waals surface area contributed by atoms with Crippen molar-refractivity contribution < 1.29 is 19.0 Å². The normalized spacial score (nSPS) is 25.2. The maximum absolute atomic E-state index is 11.5. The van der Waals surface area contributed by atoms with Gasteiger partial charge in [0.15, 0.2) is 0 Å². The summed E-state index contributed by atoms with van der Waals surface area (Å²) in [5.41, 5.74) is 6.14. The summed E-state index contributed by atoms with van der Waals surface area (Å²) in [4.78, 5) is 11.5. The van der Waals surface area contributed by atoms with Crippen LogP contribution in [0, 0.1) is 3.57 Å². The van der Waals surface area contributed by atoms with E-state index in [1.807, 2.05) is 12.1 Å². The van der Waals surface area contributed by atoms with E-state index in [1.54, 1.807) is 7.11 Å². The zero-order valence-corrected chi connectivity index (χ0v) is 16.5. The molecule has 1 unspecified atom stereocenters. The maximum atomic E-state index is 11.5. The molecule has 3 atom stereocenters. The summed E-state index contributed by atoms with van der Waals surface area (Å²) in [7, 11) is 1.62. The van der Waals surface area contributed by atoms with E-state index in [9.17, 15) is 4.79 Å². The lowest BCUT2D eigenvalue weighted by molar-refractivity contribution is -0.132. The number of carbonyl (C=O) groups excluding carboxylic acids is 1. The third kappa shape index (κ3) is 4.03. The molecule has 0 aromatic heterocycles. The highest BCUT2D eigenvalue weighted by atomic mass is 127. The van der Waals surface area contributed by atoms with Gasteiger partial charge in [-0.15, -0.1) is 0 Å². The standard InChI is InChI=1S/C18H26INO4/c1-3-15(23-12-22-2)18(13-8-4-5-9-14(13)19)11-7-6-10-16(18)24-17(20)21/h4-5,8-9,15-16H,3,6-7,10-12H2,1-2H3,(H2,20,21)/t15?,16-,18-/m0/s1. The van der Waals surface area contributed by atoms with Crippen LogP contribution in [0.3, 0.4) is 0 Å². The third-order valence-electron chi connectivity index (χ3n) is 4.85. The highest BCUT2D eigenvalue weighted by molar-refractivity contribution is 14.1. The number of amides is 1. The lowest BCUT2D eigenvalue weighted by Crippen LogP contribution is -2.54. The second-order valence-electron chi connectivity index (χ2n) is 6.16. The third-order valence-corrected chi connectivity index (χ3v) is 5.79. The molecule has 1 fully saturated rings.